The first-order valence-electron chi connectivity index (χ1n) is 5.82. The molecule has 0 bridgehead atoms. The number of nitrogens with zero attached hydrogens (tertiary/aromatic N) is 1. The first-order chi connectivity index (χ1) is 9.44. The van der Waals surface area contributed by atoms with E-state index >= 15 is 0 Å². The van der Waals surface area contributed by atoms with Gasteiger partial charge in [-0.25, -0.2) is 8.42 Å². The molecule has 2 rings (SSSR count). The summed E-state index contributed by atoms with van der Waals surface area (Å²) in [6, 6.07) is 12.8. The summed E-state index contributed by atoms with van der Waals surface area (Å²) in [7, 11) is -3.80. The second kappa shape index (κ2) is 5.23. The van der Waals surface area contributed by atoms with Gasteiger partial charge in [-0.1, -0.05) is 12.1 Å². The summed E-state index contributed by atoms with van der Waals surface area (Å²) in [6.45, 7) is 1.75. The number of rotatable bonds is 3. The van der Waals surface area contributed by atoms with Crippen molar-refractivity contribution in [1.29, 1.82) is 5.26 Å². The van der Waals surface area contributed by atoms with Crippen LogP contribution in [-0.4, -0.2) is 8.42 Å². The highest BCUT2D eigenvalue weighted by Crippen LogP contribution is 2.23. The van der Waals surface area contributed by atoms with E-state index in [0.29, 0.717) is 16.9 Å². The number of nitrogen functional groups attached to an aromatic ring is 1. The SMILES string of the molecule is Cc1cc(N)ccc1NS(=O)(=O)c1ccccc1C#N. The Bertz CT molecular complexity index is 792. The fraction of sp³-hybridized carbons (Fsp3) is 0.0714. The first-order valence-corrected chi connectivity index (χ1v) is 7.30. The molecule has 0 spiro atoms. The lowest BCUT2D eigenvalue weighted by Gasteiger charge is -2.11. The van der Waals surface area contributed by atoms with Gasteiger partial charge in [0.15, 0.2) is 0 Å². The van der Waals surface area contributed by atoms with Crippen LogP contribution in [0, 0.1) is 18.3 Å². The average Bonchev–Trinajstić information content (AvgIpc) is 2.42. The Labute approximate surface area is 117 Å². The number of nitriles is 1. The summed E-state index contributed by atoms with van der Waals surface area (Å²) in [5, 5.41) is 8.98. The molecule has 20 heavy (non-hydrogen) atoms. The zero-order chi connectivity index (χ0) is 14.8. The molecule has 0 unspecified atom stereocenters. The van der Waals surface area contributed by atoms with E-state index in [0.717, 1.165) is 0 Å². The van der Waals surface area contributed by atoms with Crippen molar-refractivity contribution >= 4 is 21.4 Å². The third kappa shape index (κ3) is 2.73. The van der Waals surface area contributed by atoms with E-state index in [9.17, 15) is 8.42 Å². The van der Waals surface area contributed by atoms with E-state index < -0.39 is 10.0 Å². The van der Waals surface area contributed by atoms with E-state index in [1.54, 1.807) is 37.3 Å². The standard InChI is InChI=1S/C14H13N3O2S/c1-10-8-12(16)6-7-13(10)17-20(18,19)14-5-3-2-4-11(14)9-15/h2-8,17H,16H2,1H3. The van der Waals surface area contributed by atoms with Gasteiger partial charge in [0.2, 0.25) is 0 Å². The fourth-order valence-corrected chi connectivity index (χ4v) is 3.08. The van der Waals surface area contributed by atoms with Crippen LogP contribution in [0.15, 0.2) is 47.4 Å². The van der Waals surface area contributed by atoms with Crippen LogP contribution in [0.2, 0.25) is 0 Å². The molecular weight excluding hydrogens is 274 g/mol. The van der Waals surface area contributed by atoms with E-state index in [1.165, 1.54) is 12.1 Å². The molecule has 2 aromatic rings. The van der Waals surface area contributed by atoms with Crippen molar-refractivity contribution in [3.8, 4) is 6.07 Å². The van der Waals surface area contributed by atoms with Crippen LogP contribution in [0.3, 0.4) is 0 Å². The normalized spacial score (nSPS) is 10.8. The largest absolute Gasteiger partial charge is 0.399 e. The number of nitrogens with two attached hydrogens (primary N) is 1. The molecule has 0 heterocycles. The molecule has 0 aliphatic carbocycles. The molecule has 5 nitrogen and oxygen atoms in total. The van der Waals surface area contributed by atoms with E-state index in [4.69, 9.17) is 11.0 Å². The van der Waals surface area contributed by atoms with E-state index in [2.05, 4.69) is 4.72 Å². The fourth-order valence-electron chi connectivity index (χ4n) is 1.79. The maximum atomic E-state index is 12.3. The summed E-state index contributed by atoms with van der Waals surface area (Å²) in [5.74, 6) is 0. The molecule has 0 amide bonds. The highest BCUT2D eigenvalue weighted by Gasteiger charge is 2.18. The van der Waals surface area contributed by atoms with Crippen LogP contribution in [0.4, 0.5) is 11.4 Å². The molecule has 2 aromatic carbocycles. The molecule has 102 valence electrons. The lowest BCUT2D eigenvalue weighted by atomic mass is 10.2. The Hall–Kier alpha value is -2.52. The molecule has 0 fully saturated rings. The Morgan fingerprint density at radius 2 is 1.90 bits per heavy atom. The lowest BCUT2D eigenvalue weighted by molar-refractivity contribution is 0.601. The van der Waals surface area contributed by atoms with Crippen molar-refractivity contribution in [3.05, 3.63) is 53.6 Å². The molecule has 0 atom stereocenters. The Balaban J connectivity index is 2.44. The molecule has 3 N–H and O–H groups in total. The minimum absolute atomic E-state index is 0.0428. The number of benzene rings is 2. The number of hydrogen-bond donors (Lipinski definition) is 2. The van der Waals surface area contributed by atoms with Gasteiger partial charge in [0.05, 0.1) is 11.3 Å². The van der Waals surface area contributed by atoms with Crippen LogP contribution in [0.1, 0.15) is 11.1 Å². The van der Waals surface area contributed by atoms with Crippen LogP contribution >= 0.6 is 0 Å². The number of hydrogen-bond acceptors (Lipinski definition) is 4. The van der Waals surface area contributed by atoms with Crippen molar-refractivity contribution in [2.75, 3.05) is 10.5 Å². The predicted molar refractivity (Wildman–Crippen MR) is 77.6 cm³/mol. The molecule has 0 aliphatic rings. The maximum absolute atomic E-state index is 12.3. The Kier molecular flexibility index (Phi) is 3.63. The maximum Gasteiger partial charge on any atom is 0.263 e. The van der Waals surface area contributed by atoms with Crippen LogP contribution in [0.25, 0.3) is 0 Å². The Morgan fingerprint density at radius 3 is 2.55 bits per heavy atom. The smallest absolute Gasteiger partial charge is 0.263 e. The molecule has 0 aromatic heterocycles. The van der Waals surface area contributed by atoms with Gasteiger partial charge in [-0.2, -0.15) is 5.26 Å². The van der Waals surface area contributed by atoms with Crippen LogP contribution in [-0.2, 0) is 10.0 Å². The third-order valence-corrected chi connectivity index (χ3v) is 4.22. The zero-order valence-electron chi connectivity index (χ0n) is 10.8. The summed E-state index contributed by atoms with van der Waals surface area (Å²) < 4.78 is 27.1. The highest BCUT2D eigenvalue weighted by molar-refractivity contribution is 7.92. The first kappa shape index (κ1) is 13.9. The Morgan fingerprint density at radius 1 is 1.20 bits per heavy atom. The van der Waals surface area contributed by atoms with Crippen molar-refractivity contribution in [3.63, 3.8) is 0 Å². The summed E-state index contributed by atoms with van der Waals surface area (Å²) >= 11 is 0. The quantitative estimate of drug-likeness (QED) is 0.846. The lowest BCUT2D eigenvalue weighted by Crippen LogP contribution is -2.15. The average molecular weight is 287 g/mol. The monoisotopic (exact) mass is 287 g/mol. The molecule has 6 heteroatoms. The predicted octanol–water partition coefficient (Wildman–Crippen LogP) is 2.25. The second-order valence-electron chi connectivity index (χ2n) is 4.29. The number of sulfonamides is 1. The molecule has 0 radical (unpaired) electrons. The molecule has 0 aliphatic heterocycles. The van der Waals surface area contributed by atoms with Gasteiger partial charge in [-0.05, 0) is 42.8 Å². The van der Waals surface area contributed by atoms with Crippen molar-refractivity contribution < 1.29 is 8.42 Å². The molecule has 0 saturated heterocycles. The number of nitrogens with one attached hydrogen (secondary N) is 1. The van der Waals surface area contributed by atoms with Crippen molar-refractivity contribution in [2.24, 2.45) is 0 Å². The number of aryl methyl sites for hydroxylation is 1. The molecular formula is C14H13N3O2S. The van der Waals surface area contributed by atoms with Crippen molar-refractivity contribution in [2.45, 2.75) is 11.8 Å². The zero-order valence-corrected chi connectivity index (χ0v) is 11.6. The van der Waals surface area contributed by atoms with Gasteiger partial charge >= 0.3 is 0 Å². The number of anilines is 2. The third-order valence-electron chi connectivity index (χ3n) is 2.79. The minimum atomic E-state index is -3.80. The van der Waals surface area contributed by atoms with Gasteiger partial charge < -0.3 is 5.73 Å². The van der Waals surface area contributed by atoms with Gasteiger partial charge in [0, 0.05) is 5.69 Å². The van der Waals surface area contributed by atoms with Crippen LogP contribution in [0.5, 0.6) is 0 Å². The summed E-state index contributed by atoms with van der Waals surface area (Å²) in [4.78, 5) is -0.0428. The summed E-state index contributed by atoms with van der Waals surface area (Å²) in [6.07, 6.45) is 0. The second-order valence-corrected chi connectivity index (χ2v) is 5.94. The van der Waals surface area contributed by atoms with Gasteiger partial charge in [0.1, 0.15) is 11.0 Å². The van der Waals surface area contributed by atoms with Gasteiger partial charge in [-0.3, -0.25) is 4.72 Å². The van der Waals surface area contributed by atoms with Crippen LogP contribution < -0.4 is 10.5 Å². The highest BCUT2D eigenvalue weighted by atomic mass is 32.2. The van der Waals surface area contributed by atoms with E-state index in [1.807, 2.05) is 6.07 Å². The van der Waals surface area contributed by atoms with Gasteiger partial charge in [-0.15, -0.1) is 0 Å². The van der Waals surface area contributed by atoms with Gasteiger partial charge in [0.25, 0.3) is 10.0 Å². The topological polar surface area (TPSA) is 96.0 Å². The van der Waals surface area contributed by atoms with Crippen molar-refractivity contribution in [1.82, 2.24) is 0 Å². The molecule has 0 saturated carbocycles. The minimum Gasteiger partial charge on any atom is -0.399 e. The summed E-state index contributed by atoms with van der Waals surface area (Å²) in [5.41, 5.74) is 7.44. The van der Waals surface area contributed by atoms with E-state index in [-0.39, 0.29) is 10.5 Å².